The zero-order chi connectivity index (χ0) is 37.2. The van der Waals surface area contributed by atoms with Gasteiger partial charge < -0.3 is 10.2 Å². The van der Waals surface area contributed by atoms with Crippen LogP contribution in [0.2, 0.25) is 0 Å². The molecule has 0 saturated heterocycles. The van der Waals surface area contributed by atoms with Gasteiger partial charge in [-0.1, -0.05) is 145 Å². The fourth-order valence-corrected chi connectivity index (χ4v) is 3.61. The van der Waals surface area contributed by atoms with Crippen LogP contribution >= 0.6 is 0 Å². The molecule has 6 aromatic rings. The van der Waals surface area contributed by atoms with Crippen molar-refractivity contribution >= 4 is 23.1 Å². The second kappa shape index (κ2) is 26.1. The van der Waals surface area contributed by atoms with Gasteiger partial charge in [-0.2, -0.15) is 0 Å². The Balaban J connectivity index is 0.000000357. The van der Waals surface area contributed by atoms with Crippen LogP contribution in [0, 0.1) is 10.2 Å². The molecule has 0 unspecified atom stereocenters. The molecule has 0 bridgehead atoms. The van der Waals surface area contributed by atoms with E-state index in [0.717, 1.165) is 12.2 Å². The first-order chi connectivity index (χ1) is 24.5. The molecule has 0 aliphatic rings. The quantitative estimate of drug-likeness (QED) is 0.105. The van der Waals surface area contributed by atoms with E-state index in [2.05, 4.69) is 9.97 Å². The molecule has 12 heteroatoms. The number of halogens is 1. The van der Waals surface area contributed by atoms with E-state index < -0.39 is 10.2 Å². The second-order valence-electron chi connectivity index (χ2n) is 9.64. The minimum Gasteiger partial charge on any atom is -0.872 e. The van der Waals surface area contributed by atoms with Crippen LogP contribution in [0.15, 0.2) is 195 Å². The Morgan fingerprint density at radius 3 is 0.808 bits per heavy atom. The molecule has 0 fully saturated rings. The summed E-state index contributed by atoms with van der Waals surface area (Å²) in [5.74, 6) is -1.06. The number of rotatable bonds is 6. The van der Waals surface area contributed by atoms with E-state index in [9.17, 15) is 19.8 Å². The van der Waals surface area contributed by atoms with Crippen molar-refractivity contribution in [2.45, 2.75) is 0 Å². The number of carbonyl (C=O) groups is 2. The normalized spacial score (nSPS) is 10.3. The van der Waals surface area contributed by atoms with Crippen LogP contribution in [0.1, 0.15) is 31.8 Å². The number of aromatic nitrogens is 2. The molecule has 0 aliphatic heterocycles. The summed E-state index contributed by atoms with van der Waals surface area (Å²) in [7, 11) is -4.94. The Morgan fingerprint density at radius 1 is 0.404 bits per heavy atom. The van der Waals surface area contributed by atoms with Crippen LogP contribution in [0.4, 0.5) is 0 Å². The summed E-state index contributed by atoms with van der Waals surface area (Å²) >= 11 is 0. The van der Waals surface area contributed by atoms with Crippen LogP contribution in [0.3, 0.4) is 0 Å². The summed E-state index contributed by atoms with van der Waals surface area (Å²) in [6.07, 6.45) is 9.26. The van der Waals surface area contributed by atoms with Crippen LogP contribution in [-0.4, -0.2) is 21.5 Å². The maximum Gasteiger partial charge on any atom is 3.00 e. The summed E-state index contributed by atoms with van der Waals surface area (Å²) in [6.45, 7) is 0. The Kier molecular flexibility index (Phi) is 22.2. The first-order valence-corrected chi connectivity index (χ1v) is 16.2. The van der Waals surface area contributed by atoms with Crippen LogP contribution in [0.25, 0.3) is 11.5 Å². The topological polar surface area (TPSA) is 198 Å². The number of allylic oxidation sites excluding steroid dienone is 2. The van der Waals surface area contributed by atoms with Crippen molar-refractivity contribution in [3.8, 4) is 0 Å². The van der Waals surface area contributed by atoms with Gasteiger partial charge in [0.15, 0.2) is 11.6 Å². The maximum absolute atomic E-state index is 11.8. The SMILES string of the molecule is O=C(/C=C(\[O-])c1ccccc1)c1ccccc1.O=C(/C=C(\[O-])c1ccccc1)c1ccccc1.[Mn+3].[O-][Cl+3]([O-])([O-])[O-].c1ccncc1.c1ccncc1. The van der Waals surface area contributed by atoms with E-state index in [1.54, 1.807) is 122 Å². The fourth-order valence-electron chi connectivity index (χ4n) is 3.61. The number of hydrogen-bond acceptors (Lipinski definition) is 10. The molecule has 0 amide bonds. The first-order valence-electron chi connectivity index (χ1n) is 14.9. The van der Waals surface area contributed by atoms with Gasteiger partial charge in [-0.15, -0.1) is 10.2 Å². The third-order valence-corrected chi connectivity index (χ3v) is 5.89. The van der Waals surface area contributed by atoms with Crippen molar-refractivity contribution in [3.05, 3.63) is 217 Å². The Morgan fingerprint density at radius 2 is 0.615 bits per heavy atom. The molecule has 0 atom stereocenters. The summed E-state index contributed by atoms with van der Waals surface area (Å²) < 4.78 is 34.0. The van der Waals surface area contributed by atoms with E-state index in [0.29, 0.717) is 22.3 Å². The van der Waals surface area contributed by atoms with Gasteiger partial charge in [-0.25, -0.2) is 18.6 Å². The van der Waals surface area contributed by atoms with Gasteiger partial charge in [0.05, 0.1) is 0 Å². The summed E-state index contributed by atoms with van der Waals surface area (Å²) in [5.41, 5.74) is 2.10. The Labute approximate surface area is 314 Å². The molecule has 6 rings (SSSR count). The van der Waals surface area contributed by atoms with Gasteiger partial charge >= 0.3 is 17.1 Å². The molecule has 0 spiro atoms. The number of ketones is 2. The minimum atomic E-state index is -4.94. The molecule has 2 heterocycles. The molecule has 264 valence electrons. The molecule has 52 heavy (non-hydrogen) atoms. The van der Waals surface area contributed by atoms with Gasteiger partial charge in [0.25, 0.3) is 0 Å². The standard InChI is InChI=1S/2C15H12O2.2C5H5N.ClHO4.Mn/c2*16-14(12-7-3-1-4-8-12)11-15(17)13-9-5-2-6-10-13;2*1-2-4-6-5-3-1;2-1(3,4)5;/h2*1-11,16H;2*1-5H;(H,2,3,4,5);/q;;;;;+3/p-3/b2*14-11-;;;;. The molecule has 0 saturated carbocycles. The molecule has 0 aliphatic carbocycles. The van der Waals surface area contributed by atoms with Crippen LogP contribution < -0.4 is 28.8 Å². The van der Waals surface area contributed by atoms with Gasteiger partial charge in [-0.05, 0) is 47.5 Å². The maximum atomic E-state index is 11.8. The predicted octanol–water partition coefficient (Wildman–Crippen LogP) is 1.95. The number of nitrogens with zero attached hydrogens (tertiary/aromatic N) is 2. The molecule has 10 nitrogen and oxygen atoms in total. The van der Waals surface area contributed by atoms with E-state index in [-0.39, 0.29) is 40.2 Å². The zero-order valence-electron chi connectivity index (χ0n) is 27.4. The number of carbonyl (C=O) groups excluding carboxylic acids is 2. The Bertz CT molecular complexity index is 1670. The fraction of sp³-hybridized carbons (Fsp3) is 0. The average Bonchev–Trinajstić information content (AvgIpc) is 3.17. The number of benzene rings is 4. The third-order valence-electron chi connectivity index (χ3n) is 5.89. The van der Waals surface area contributed by atoms with Gasteiger partial charge in [0, 0.05) is 35.9 Å². The van der Waals surface area contributed by atoms with E-state index in [4.69, 9.17) is 18.6 Å². The largest absolute Gasteiger partial charge is 3.00 e. The molecule has 4 aromatic carbocycles. The van der Waals surface area contributed by atoms with E-state index in [1.807, 2.05) is 60.7 Å². The molecular weight excluding hydrogens is 727 g/mol. The van der Waals surface area contributed by atoms with Gasteiger partial charge in [0.2, 0.25) is 0 Å². The van der Waals surface area contributed by atoms with Crippen molar-refractivity contribution in [3.63, 3.8) is 0 Å². The molecule has 0 radical (unpaired) electrons. The summed E-state index contributed by atoms with van der Waals surface area (Å²) in [4.78, 5) is 31.1. The van der Waals surface area contributed by atoms with E-state index >= 15 is 0 Å². The van der Waals surface area contributed by atoms with Crippen LogP contribution in [0.5, 0.6) is 0 Å². The summed E-state index contributed by atoms with van der Waals surface area (Å²) in [6, 6.07) is 46.5. The first kappa shape index (κ1) is 44.3. The average molecular weight is 759 g/mol. The third kappa shape index (κ3) is 21.4. The molecule has 2 aromatic heterocycles. The van der Waals surface area contributed by atoms with Crippen molar-refractivity contribution in [2.75, 3.05) is 0 Å². The molecule has 0 N–H and O–H groups in total. The second-order valence-corrected chi connectivity index (χ2v) is 10.4. The van der Waals surface area contributed by atoms with Crippen molar-refractivity contribution < 1.29 is 65.7 Å². The minimum absolute atomic E-state index is 0. The predicted molar refractivity (Wildman–Crippen MR) is 179 cm³/mol. The smallest absolute Gasteiger partial charge is 0.872 e. The Hall–Kier alpha value is -5.75. The van der Waals surface area contributed by atoms with Crippen molar-refractivity contribution in [2.24, 2.45) is 0 Å². The van der Waals surface area contributed by atoms with E-state index in [1.165, 1.54) is 0 Å². The van der Waals surface area contributed by atoms with Gasteiger partial charge in [-0.3, -0.25) is 19.6 Å². The van der Waals surface area contributed by atoms with Crippen molar-refractivity contribution in [1.29, 1.82) is 0 Å². The monoisotopic (exact) mass is 758 g/mol. The van der Waals surface area contributed by atoms with Crippen LogP contribution in [-0.2, 0) is 17.1 Å². The number of pyridine rings is 2. The zero-order valence-corrected chi connectivity index (χ0v) is 29.3. The molecular formula is C40H32ClMnN2O8. The van der Waals surface area contributed by atoms with Crippen molar-refractivity contribution in [1.82, 2.24) is 9.97 Å². The number of hydrogen-bond donors (Lipinski definition) is 0. The van der Waals surface area contributed by atoms with Gasteiger partial charge in [0.1, 0.15) is 0 Å². The summed E-state index contributed by atoms with van der Waals surface area (Å²) in [5, 5.41) is 23.5.